The lowest BCUT2D eigenvalue weighted by Gasteiger charge is -2.08. The van der Waals surface area contributed by atoms with Crippen LogP contribution in [0, 0.1) is 0 Å². The highest BCUT2D eigenvalue weighted by Crippen LogP contribution is 2.17. The molecule has 0 spiro atoms. The SMILES string of the molecule is CCS(=O)(=O)CCCn1c(CCN)nc2ccccc21. The number of fused-ring (bicyclic) bond motifs is 1. The van der Waals surface area contributed by atoms with E-state index in [0.29, 0.717) is 25.9 Å². The maximum atomic E-state index is 11.6. The van der Waals surface area contributed by atoms with Crippen LogP contribution in [0.4, 0.5) is 0 Å². The third-order valence-electron chi connectivity index (χ3n) is 3.38. The first-order valence-electron chi connectivity index (χ1n) is 6.92. The van der Waals surface area contributed by atoms with Crippen molar-refractivity contribution in [3.8, 4) is 0 Å². The number of nitrogens with zero attached hydrogens (tertiary/aromatic N) is 2. The van der Waals surface area contributed by atoms with Crippen molar-refractivity contribution in [3.05, 3.63) is 30.1 Å². The Bertz CT molecular complexity index is 677. The number of para-hydroxylation sites is 2. The summed E-state index contributed by atoms with van der Waals surface area (Å²) >= 11 is 0. The quantitative estimate of drug-likeness (QED) is 0.836. The molecule has 0 fully saturated rings. The van der Waals surface area contributed by atoms with Gasteiger partial charge in [-0.15, -0.1) is 0 Å². The van der Waals surface area contributed by atoms with Crippen molar-refractivity contribution in [1.82, 2.24) is 9.55 Å². The van der Waals surface area contributed by atoms with Crippen LogP contribution >= 0.6 is 0 Å². The number of aryl methyl sites for hydroxylation is 1. The second kappa shape index (κ2) is 6.37. The molecule has 1 aromatic heterocycles. The predicted molar refractivity (Wildman–Crippen MR) is 81.4 cm³/mol. The fraction of sp³-hybridized carbons (Fsp3) is 0.500. The van der Waals surface area contributed by atoms with Gasteiger partial charge in [0.25, 0.3) is 0 Å². The Balaban J connectivity index is 2.21. The molecule has 5 nitrogen and oxygen atoms in total. The van der Waals surface area contributed by atoms with Crippen LogP contribution in [0.5, 0.6) is 0 Å². The lowest BCUT2D eigenvalue weighted by atomic mass is 10.3. The molecule has 1 aromatic carbocycles. The molecular formula is C14H21N3O2S. The minimum atomic E-state index is -2.91. The maximum absolute atomic E-state index is 11.6. The first kappa shape index (κ1) is 15.0. The largest absolute Gasteiger partial charge is 0.330 e. The molecule has 0 saturated heterocycles. The topological polar surface area (TPSA) is 78.0 Å². The molecule has 110 valence electrons. The summed E-state index contributed by atoms with van der Waals surface area (Å²) in [6.45, 7) is 2.88. The Morgan fingerprint density at radius 1 is 1.30 bits per heavy atom. The van der Waals surface area contributed by atoms with Gasteiger partial charge in [-0.05, 0) is 25.1 Å². The summed E-state index contributed by atoms with van der Waals surface area (Å²) in [5, 5.41) is 0. The van der Waals surface area contributed by atoms with E-state index < -0.39 is 9.84 Å². The van der Waals surface area contributed by atoms with E-state index in [9.17, 15) is 8.42 Å². The number of nitrogens with two attached hydrogens (primary N) is 1. The summed E-state index contributed by atoms with van der Waals surface area (Å²) in [5.74, 6) is 1.35. The van der Waals surface area contributed by atoms with Gasteiger partial charge in [0.2, 0.25) is 0 Å². The summed E-state index contributed by atoms with van der Waals surface area (Å²) in [5.41, 5.74) is 7.61. The van der Waals surface area contributed by atoms with E-state index in [2.05, 4.69) is 9.55 Å². The second-order valence-electron chi connectivity index (χ2n) is 4.80. The molecule has 0 unspecified atom stereocenters. The van der Waals surface area contributed by atoms with Crippen LogP contribution < -0.4 is 5.73 Å². The molecule has 0 aliphatic heterocycles. The van der Waals surface area contributed by atoms with Crippen molar-refractivity contribution >= 4 is 20.9 Å². The molecule has 0 atom stereocenters. The van der Waals surface area contributed by atoms with E-state index in [4.69, 9.17) is 5.73 Å². The van der Waals surface area contributed by atoms with Crippen molar-refractivity contribution in [3.63, 3.8) is 0 Å². The zero-order valence-corrected chi connectivity index (χ0v) is 12.6. The average molecular weight is 295 g/mol. The predicted octanol–water partition coefficient (Wildman–Crippen LogP) is 1.36. The highest BCUT2D eigenvalue weighted by atomic mass is 32.2. The van der Waals surface area contributed by atoms with Crippen molar-refractivity contribution in [1.29, 1.82) is 0 Å². The van der Waals surface area contributed by atoms with E-state index in [1.807, 2.05) is 24.3 Å². The number of aromatic nitrogens is 2. The standard InChI is InChI=1S/C14H21N3O2S/c1-2-20(18,19)11-5-10-17-13-7-4-3-6-12(13)16-14(17)8-9-15/h3-4,6-7H,2,5,8-11,15H2,1H3. The van der Waals surface area contributed by atoms with Crippen LogP contribution in [-0.2, 0) is 22.8 Å². The first-order valence-corrected chi connectivity index (χ1v) is 8.74. The number of sulfone groups is 1. The number of imidazole rings is 1. The lowest BCUT2D eigenvalue weighted by molar-refractivity contribution is 0.585. The summed E-state index contributed by atoms with van der Waals surface area (Å²) in [7, 11) is -2.91. The fourth-order valence-electron chi connectivity index (χ4n) is 2.28. The molecule has 0 amide bonds. The molecule has 1 heterocycles. The van der Waals surface area contributed by atoms with Crippen LogP contribution in [0.2, 0.25) is 0 Å². The highest BCUT2D eigenvalue weighted by molar-refractivity contribution is 7.91. The summed E-state index contributed by atoms with van der Waals surface area (Å²) < 4.78 is 25.2. The number of rotatable bonds is 7. The van der Waals surface area contributed by atoms with Crippen LogP contribution in [0.1, 0.15) is 19.2 Å². The molecule has 2 N–H and O–H groups in total. The van der Waals surface area contributed by atoms with Gasteiger partial charge in [-0.3, -0.25) is 0 Å². The first-order chi connectivity index (χ1) is 9.57. The molecule has 20 heavy (non-hydrogen) atoms. The summed E-state index contributed by atoms with van der Waals surface area (Å²) in [4.78, 5) is 4.57. The average Bonchev–Trinajstić information content (AvgIpc) is 2.77. The Morgan fingerprint density at radius 3 is 2.75 bits per heavy atom. The van der Waals surface area contributed by atoms with E-state index in [0.717, 1.165) is 16.9 Å². The zero-order chi connectivity index (χ0) is 14.6. The van der Waals surface area contributed by atoms with E-state index in [-0.39, 0.29) is 11.5 Å². The molecule has 0 bridgehead atoms. The fourth-order valence-corrected chi connectivity index (χ4v) is 3.14. The molecule has 2 rings (SSSR count). The molecule has 0 aliphatic rings. The number of benzene rings is 1. The Hall–Kier alpha value is -1.40. The van der Waals surface area contributed by atoms with Crippen LogP contribution in [-0.4, -0.2) is 36.0 Å². The Labute approximate surface area is 119 Å². The molecule has 2 aromatic rings. The Kier molecular flexibility index (Phi) is 4.77. The van der Waals surface area contributed by atoms with E-state index >= 15 is 0 Å². The molecule has 0 radical (unpaired) electrons. The summed E-state index contributed by atoms with van der Waals surface area (Å²) in [6.07, 6.45) is 1.31. The third kappa shape index (κ3) is 3.37. The van der Waals surface area contributed by atoms with Crippen molar-refractivity contribution in [2.45, 2.75) is 26.3 Å². The van der Waals surface area contributed by atoms with Crippen molar-refractivity contribution in [2.75, 3.05) is 18.1 Å². The van der Waals surface area contributed by atoms with E-state index in [1.54, 1.807) is 6.92 Å². The van der Waals surface area contributed by atoms with Gasteiger partial charge in [-0.25, -0.2) is 13.4 Å². The van der Waals surface area contributed by atoms with Gasteiger partial charge in [0, 0.05) is 18.7 Å². The third-order valence-corrected chi connectivity index (χ3v) is 5.17. The molecule has 0 saturated carbocycles. The van der Waals surface area contributed by atoms with Crippen molar-refractivity contribution in [2.24, 2.45) is 5.73 Å². The normalized spacial score (nSPS) is 12.1. The molecule has 6 heteroatoms. The second-order valence-corrected chi connectivity index (χ2v) is 7.27. The van der Waals surface area contributed by atoms with Gasteiger partial charge in [0.1, 0.15) is 15.7 Å². The van der Waals surface area contributed by atoms with Crippen LogP contribution in [0.15, 0.2) is 24.3 Å². The van der Waals surface area contributed by atoms with Gasteiger partial charge in [-0.1, -0.05) is 19.1 Å². The van der Waals surface area contributed by atoms with Gasteiger partial charge in [0.05, 0.1) is 16.8 Å². The minimum Gasteiger partial charge on any atom is -0.330 e. The maximum Gasteiger partial charge on any atom is 0.150 e. The van der Waals surface area contributed by atoms with Crippen LogP contribution in [0.25, 0.3) is 11.0 Å². The smallest absolute Gasteiger partial charge is 0.150 e. The van der Waals surface area contributed by atoms with Crippen LogP contribution in [0.3, 0.4) is 0 Å². The van der Waals surface area contributed by atoms with E-state index in [1.165, 1.54) is 0 Å². The minimum absolute atomic E-state index is 0.202. The summed E-state index contributed by atoms with van der Waals surface area (Å²) in [6, 6.07) is 7.90. The van der Waals surface area contributed by atoms with Gasteiger partial charge in [-0.2, -0.15) is 0 Å². The molecular weight excluding hydrogens is 274 g/mol. The van der Waals surface area contributed by atoms with Crippen molar-refractivity contribution < 1.29 is 8.42 Å². The highest BCUT2D eigenvalue weighted by Gasteiger charge is 2.11. The van der Waals surface area contributed by atoms with Gasteiger partial charge >= 0.3 is 0 Å². The zero-order valence-electron chi connectivity index (χ0n) is 11.7. The Morgan fingerprint density at radius 2 is 2.05 bits per heavy atom. The van der Waals surface area contributed by atoms with Gasteiger partial charge < -0.3 is 10.3 Å². The monoisotopic (exact) mass is 295 g/mol. The molecule has 0 aliphatic carbocycles. The number of hydrogen-bond acceptors (Lipinski definition) is 4. The lowest BCUT2D eigenvalue weighted by Crippen LogP contribution is -2.14. The van der Waals surface area contributed by atoms with Gasteiger partial charge in [0.15, 0.2) is 0 Å². The number of hydrogen-bond donors (Lipinski definition) is 1.